The topological polar surface area (TPSA) is 29.5 Å². The first-order valence-corrected chi connectivity index (χ1v) is 6.94. The van der Waals surface area contributed by atoms with Gasteiger partial charge in [0.1, 0.15) is 5.75 Å². The maximum atomic E-state index is 12.2. The Morgan fingerprint density at radius 3 is 2.71 bits per heavy atom. The van der Waals surface area contributed by atoms with E-state index in [0.717, 1.165) is 6.42 Å². The molecular formula is C17H16F2O2. The van der Waals surface area contributed by atoms with E-state index in [0.29, 0.717) is 17.9 Å². The highest BCUT2D eigenvalue weighted by Gasteiger charge is 2.28. The van der Waals surface area contributed by atoms with Gasteiger partial charge in [-0.2, -0.15) is 8.78 Å². The first kappa shape index (κ1) is 14.0. The van der Waals surface area contributed by atoms with E-state index in [9.17, 15) is 13.9 Å². The van der Waals surface area contributed by atoms with Gasteiger partial charge in [-0.15, -0.1) is 0 Å². The third-order valence-electron chi connectivity index (χ3n) is 3.94. The highest BCUT2D eigenvalue weighted by Crippen LogP contribution is 2.40. The average Bonchev–Trinajstić information content (AvgIpc) is 2.44. The number of aliphatic hydroxyl groups is 1. The molecule has 3 rings (SSSR count). The molecule has 0 radical (unpaired) electrons. The fourth-order valence-corrected chi connectivity index (χ4v) is 2.88. The number of ether oxygens (including phenoxy) is 1. The summed E-state index contributed by atoms with van der Waals surface area (Å²) in [6, 6.07) is 14.5. The third-order valence-corrected chi connectivity index (χ3v) is 3.94. The van der Waals surface area contributed by atoms with Crippen molar-refractivity contribution < 1.29 is 18.6 Å². The Bertz CT molecular complexity index is 628. The average molecular weight is 290 g/mol. The van der Waals surface area contributed by atoms with Crippen LogP contribution in [0.2, 0.25) is 0 Å². The van der Waals surface area contributed by atoms with Gasteiger partial charge in [-0.05, 0) is 47.6 Å². The lowest BCUT2D eigenvalue weighted by atomic mass is 9.74. The van der Waals surface area contributed by atoms with Crippen molar-refractivity contribution in [2.45, 2.75) is 31.5 Å². The second kappa shape index (κ2) is 5.82. The molecule has 2 nitrogen and oxygen atoms in total. The lowest BCUT2D eigenvalue weighted by Crippen LogP contribution is -2.19. The molecule has 0 fully saturated rings. The first-order valence-electron chi connectivity index (χ1n) is 6.94. The molecule has 2 aromatic rings. The molecule has 0 heterocycles. The zero-order valence-electron chi connectivity index (χ0n) is 11.4. The molecule has 21 heavy (non-hydrogen) atoms. The molecule has 2 aromatic carbocycles. The summed E-state index contributed by atoms with van der Waals surface area (Å²) in [5.74, 6) is 0.409. The lowest BCUT2D eigenvalue weighted by molar-refractivity contribution is -0.0500. The Labute approximate surface area is 122 Å². The van der Waals surface area contributed by atoms with Crippen LogP contribution < -0.4 is 4.74 Å². The number of aliphatic hydroxyl groups excluding tert-OH is 1. The van der Waals surface area contributed by atoms with E-state index in [2.05, 4.69) is 16.9 Å². The standard InChI is InChI=1S/C17H16F2O2/c18-17(19)21-14-6-3-5-12(9-14)16(20)10-13-8-11-4-1-2-7-15(11)13/h1-7,9,13,16-17,20H,8,10H2. The zero-order valence-corrected chi connectivity index (χ0v) is 11.4. The number of rotatable bonds is 5. The van der Waals surface area contributed by atoms with Gasteiger partial charge in [0.2, 0.25) is 0 Å². The van der Waals surface area contributed by atoms with E-state index in [-0.39, 0.29) is 5.75 Å². The minimum Gasteiger partial charge on any atom is -0.435 e. The van der Waals surface area contributed by atoms with Gasteiger partial charge in [-0.1, -0.05) is 36.4 Å². The molecule has 2 unspecified atom stereocenters. The van der Waals surface area contributed by atoms with Crippen LogP contribution in [0.4, 0.5) is 8.78 Å². The predicted octanol–water partition coefficient (Wildman–Crippen LogP) is 4.05. The van der Waals surface area contributed by atoms with E-state index < -0.39 is 12.7 Å². The Kier molecular flexibility index (Phi) is 3.88. The van der Waals surface area contributed by atoms with Gasteiger partial charge in [0.25, 0.3) is 0 Å². The molecule has 2 atom stereocenters. The summed E-state index contributed by atoms with van der Waals surface area (Å²) in [7, 11) is 0. The van der Waals surface area contributed by atoms with Gasteiger partial charge in [-0.25, -0.2) is 0 Å². The Morgan fingerprint density at radius 1 is 1.14 bits per heavy atom. The maximum Gasteiger partial charge on any atom is 0.387 e. The number of benzene rings is 2. The molecule has 0 saturated carbocycles. The number of alkyl halides is 2. The Morgan fingerprint density at radius 2 is 1.95 bits per heavy atom. The summed E-state index contributed by atoms with van der Waals surface area (Å²) in [6.07, 6.45) is 0.875. The fraction of sp³-hybridized carbons (Fsp3) is 0.294. The van der Waals surface area contributed by atoms with Crippen molar-refractivity contribution in [1.82, 2.24) is 0 Å². The second-order valence-electron chi connectivity index (χ2n) is 5.30. The van der Waals surface area contributed by atoms with Crippen LogP contribution in [0.3, 0.4) is 0 Å². The van der Waals surface area contributed by atoms with Crippen molar-refractivity contribution in [1.29, 1.82) is 0 Å². The molecule has 1 aliphatic carbocycles. The number of fused-ring (bicyclic) bond motifs is 1. The normalized spacial score (nSPS) is 18.0. The highest BCUT2D eigenvalue weighted by molar-refractivity contribution is 5.40. The molecule has 4 heteroatoms. The molecule has 0 spiro atoms. The van der Waals surface area contributed by atoms with E-state index in [1.165, 1.54) is 23.3 Å². The molecular weight excluding hydrogens is 274 g/mol. The molecule has 110 valence electrons. The summed E-state index contributed by atoms with van der Waals surface area (Å²) < 4.78 is 28.8. The molecule has 0 saturated heterocycles. The quantitative estimate of drug-likeness (QED) is 0.900. The minimum absolute atomic E-state index is 0.0792. The second-order valence-corrected chi connectivity index (χ2v) is 5.30. The number of halogens is 2. The number of hydrogen-bond acceptors (Lipinski definition) is 2. The van der Waals surface area contributed by atoms with Gasteiger partial charge in [0, 0.05) is 0 Å². The fourth-order valence-electron chi connectivity index (χ4n) is 2.88. The van der Waals surface area contributed by atoms with Crippen LogP contribution in [-0.4, -0.2) is 11.7 Å². The SMILES string of the molecule is OC(CC1Cc2ccccc21)c1cccc(OC(F)F)c1. The van der Waals surface area contributed by atoms with Gasteiger partial charge in [-0.3, -0.25) is 0 Å². The Hall–Kier alpha value is -1.94. The van der Waals surface area contributed by atoms with Crippen molar-refractivity contribution in [2.24, 2.45) is 0 Å². The summed E-state index contributed by atoms with van der Waals surface area (Å²) in [6.45, 7) is -2.85. The molecule has 1 aliphatic rings. The first-order chi connectivity index (χ1) is 10.1. The molecule has 0 aliphatic heterocycles. The van der Waals surface area contributed by atoms with Gasteiger partial charge in [0.05, 0.1) is 6.10 Å². The summed E-state index contributed by atoms with van der Waals surface area (Å²) in [4.78, 5) is 0. The van der Waals surface area contributed by atoms with Crippen LogP contribution >= 0.6 is 0 Å². The van der Waals surface area contributed by atoms with E-state index >= 15 is 0 Å². The van der Waals surface area contributed by atoms with Gasteiger partial charge < -0.3 is 9.84 Å². The van der Waals surface area contributed by atoms with Crippen molar-refractivity contribution in [2.75, 3.05) is 0 Å². The van der Waals surface area contributed by atoms with Crippen LogP contribution in [0.15, 0.2) is 48.5 Å². The summed E-state index contributed by atoms with van der Waals surface area (Å²) >= 11 is 0. The summed E-state index contributed by atoms with van der Waals surface area (Å²) in [5.41, 5.74) is 3.21. The van der Waals surface area contributed by atoms with Gasteiger partial charge in [0.15, 0.2) is 0 Å². The van der Waals surface area contributed by atoms with Crippen LogP contribution in [0.1, 0.15) is 35.1 Å². The largest absolute Gasteiger partial charge is 0.435 e. The Balaban J connectivity index is 1.68. The van der Waals surface area contributed by atoms with Crippen LogP contribution in [0.25, 0.3) is 0 Å². The molecule has 0 aromatic heterocycles. The molecule has 1 N–H and O–H groups in total. The minimum atomic E-state index is -2.85. The summed E-state index contributed by atoms with van der Waals surface area (Å²) in [5, 5.41) is 10.3. The number of hydrogen-bond donors (Lipinski definition) is 1. The maximum absolute atomic E-state index is 12.2. The van der Waals surface area contributed by atoms with E-state index in [1.807, 2.05) is 12.1 Å². The molecule has 0 bridgehead atoms. The van der Waals surface area contributed by atoms with Crippen molar-refractivity contribution in [3.63, 3.8) is 0 Å². The van der Waals surface area contributed by atoms with E-state index in [4.69, 9.17) is 0 Å². The highest BCUT2D eigenvalue weighted by atomic mass is 19.3. The lowest BCUT2D eigenvalue weighted by Gasteiger charge is -2.31. The van der Waals surface area contributed by atoms with Crippen molar-refractivity contribution in [3.05, 3.63) is 65.2 Å². The van der Waals surface area contributed by atoms with Crippen molar-refractivity contribution in [3.8, 4) is 5.75 Å². The van der Waals surface area contributed by atoms with Crippen molar-refractivity contribution >= 4 is 0 Å². The molecule has 0 amide bonds. The zero-order chi connectivity index (χ0) is 14.8. The van der Waals surface area contributed by atoms with Crippen LogP contribution in [-0.2, 0) is 6.42 Å². The third kappa shape index (κ3) is 3.05. The van der Waals surface area contributed by atoms with E-state index in [1.54, 1.807) is 12.1 Å². The van der Waals surface area contributed by atoms with Crippen LogP contribution in [0.5, 0.6) is 5.75 Å². The van der Waals surface area contributed by atoms with Crippen LogP contribution in [0, 0.1) is 0 Å². The van der Waals surface area contributed by atoms with Gasteiger partial charge >= 0.3 is 6.61 Å². The predicted molar refractivity (Wildman–Crippen MR) is 75.5 cm³/mol. The monoisotopic (exact) mass is 290 g/mol. The smallest absolute Gasteiger partial charge is 0.387 e.